The number of nitrogens with one attached hydrogen (secondary N) is 1. The van der Waals surface area contributed by atoms with Crippen molar-refractivity contribution in [2.75, 3.05) is 6.54 Å². The van der Waals surface area contributed by atoms with Crippen LogP contribution in [0.25, 0.3) is 11.1 Å². The minimum atomic E-state index is -0.413. The Morgan fingerprint density at radius 3 is 2.73 bits per heavy atom. The molecule has 0 aliphatic heterocycles. The summed E-state index contributed by atoms with van der Waals surface area (Å²) in [6, 6.07) is 10.8. The summed E-state index contributed by atoms with van der Waals surface area (Å²) in [6.45, 7) is 10.7. The number of aryl methyl sites for hydroxylation is 1. The first-order valence-corrected chi connectivity index (χ1v) is 9.22. The minimum absolute atomic E-state index is 0.137. The van der Waals surface area contributed by atoms with E-state index in [1.807, 2.05) is 39.2 Å². The molecule has 0 spiro atoms. The van der Waals surface area contributed by atoms with E-state index >= 15 is 0 Å². The van der Waals surface area contributed by atoms with Crippen LogP contribution >= 0.6 is 0 Å². The number of nitrogens with zero attached hydrogens (tertiary/aromatic N) is 1. The molecule has 0 aliphatic carbocycles. The van der Waals surface area contributed by atoms with Crippen molar-refractivity contribution in [1.82, 2.24) is 10.3 Å². The van der Waals surface area contributed by atoms with Gasteiger partial charge in [0.05, 0.1) is 0 Å². The monoisotopic (exact) mass is 354 g/mol. The Hall–Kier alpha value is -2.20. The van der Waals surface area contributed by atoms with Crippen molar-refractivity contribution in [1.29, 1.82) is 0 Å². The number of carbonyl (C=O) groups excluding carboxylic acids is 1. The number of pyridine rings is 1. The van der Waals surface area contributed by atoms with Crippen LogP contribution in [0.3, 0.4) is 0 Å². The first-order valence-electron chi connectivity index (χ1n) is 9.22. The topological polar surface area (TPSA) is 51.2 Å². The smallest absolute Gasteiger partial charge is 0.306 e. The van der Waals surface area contributed by atoms with Crippen LogP contribution < -0.4 is 5.32 Å². The fraction of sp³-hybridized carbons (Fsp3) is 0.455. The number of carbonyl (C=O) groups is 1. The molecule has 1 unspecified atom stereocenters. The number of ether oxygens (including phenoxy) is 1. The van der Waals surface area contributed by atoms with Gasteiger partial charge < -0.3 is 10.1 Å². The lowest BCUT2D eigenvalue weighted by Crippen LogP contribution is -2.25. The third kappa shape index (κ3) is 6.26. The molecule has 26 heavy (non-hydrogen) atoms. The van der Waals surface area contributed by atoms with E-state index in [1.165, 1.54) is 22.3 Å². The number of rotatable bonds is 7. The van der Waals surface area contributed by atoms with E-state index in [-0.39, 0.29) is 12.0 Å². The van der Waals surface area contributed by atoms with Gasteiger partial charge in [-0.05, 0) is 82.0 Å². The molecule has 0 saturated carbocycles. The SMILES string of the molecule is Cc1cnccc1-c1cccc(C(C)NCCCC(=O)OC(C)(C)C)c1. The number of hydrogen-bond acceptors (Lipinski definition) is 4. The highest BCUT2D eigenvalue weighted by Gasteiger charge is 2.15. The van der Waals surface area contributed by atoms with Crippen molar-refractivity contribution in [3.8, 4) is 11.1 Å². The zero-order valence-corrected chi connectivity index (χ0v) is 16.5. The molecular formula is C22H30N2O2. The summed E-state index contributed by atoms with van der Waals surface area (Å²) in [4.78, 5) is 15.9. The fourth-order valence-electron chi connectivity index (χ4n) is 2.83. The molecule has 0 bridgehead atoms. The van der Waals surface area contributed by atoms with Crippen molar-refractivity contribution in [2.45, 2.75) is 59.1 Å². The van der Waals surface area contributed by atoms with Crippen LogP contribution in [0.4, 0.5) is 0 Å². The largest absolute Gasteiger partial charge is 0.460 e. The molecule has 140 valence electrons. The second-order valence-corrected chi connectivity index (χ2v) is 7.68. The molecule has 1 atom stereocenters. The average Bonchev–Trinajstić information content (AvgIpc) is 2.57. The van der Waals surface area contributed by atoms with Crippen LogP contribution in [0.2, 0.25) is 0 Å². The van der Waals surface area contributed by atoms with Gasteiger partial charge in [-0.15, -0.1) is 0 Å². The first kappa shape index (κ1) is 20.1. The lowest BCUT2D eigenvalue weighted by molar-refractivity contribution is -0.154. The van der Waals surface area contributed by atoms with Gasteiger partial charge in [-0.1, -0.05) is 18.2 Å². The maximum Gasteiger partial charge on any atom is 0.306 e. The van der Waals surface area contributed by atoms with Crippen molar-refractivity contribution in [2.24, 2.45) is 0 Å². The van der Waals surface area contributed by atoms with E-state index in [2.05, 4.69) is 48.4 Å². The highest BCUT2D eigenvalue weighted by Crippen LogP contribution is 2.25. The maximum absolute atomic E-state index is 11.8. The molecule has 4 nitrogen and oxygen atoms in total. The van der Waals surface area contributed by atoms with E-state index < -0.39 is 5.60 Å². The summed E-state index contributed by atoms with van der Waals surface area (Å²) >= 11 is 0. The van der Waals surface area contributed by atoms with Crippen molar-refractivity contribution < 1.29 is 9.53 Å². The zero-order valence-electron chi connectivity index (χ0n) is 16.5. The van der Waals surface area contributed by atoms with Gasteiger partial charge in [-0.2, -0.15) is 0 Å². The molecule has 0 radical (unpaired) electrons. The average molecular weight is 354 g/mol. The van der Waals surface area contributed by atoms with Gasteiger partial charge in [0.25, 0.3) is 0 Å². The van der Waals surface area contributed by atoms with Gasteiger partial charge in [0.1, 0.15) is 5.60 Å². The van der Waals surface area contributed by atoms with Crippen LogP contribution in [-0.2, 0) is 9.53 Å². The zero-order chi connectivity index (χ0) is 19.2. The predicted molar refractivity (Wildman–Crippen MR) is 106 cm³/mol. The molecule has 0 aliphatic rings. The molecule has 1 heterocycles. The Labute approximate surface area is 157 Å². The molecule has 2 rings (SSSR count). The number of benzene rings is 1. The Bertz CT molecular complexity index is 735. The summed E-state index contributed by atoms with van der Waals surface area (Å²) < 4.78 is 5.33. The fourth-order valence-corrected chi connectivity index (χ4v) is 2.83. The summed E-state index contributed by atoms with van der Waals surface area (Å²) in [7, 11) is 0. The molecule has 1 N–H and O–H groups in total. The van der Waals surface area contributed by atoms with Gasteiger partial charge in [0.2, 0.25) is 0 Å². The van der Waals surface area contributed by atoms with Crippen LogP contribution in [0.1, 0.15) is 57.7 Å². The number of aromatic nitrogens is 1. The molecule has 1 aromatic heterocycles. The number of hydrogen-bond donors (Lipinski definition) is 1. The third-order valence-corrected chi connectivity index (χ3v) is 4.15. The van der Waals surface area contributed by atoms with Crippen molar-refractivity contribution >= 4 is 5.97 Å². The molecule has 0 saturated heterocycles. The van der Waals surface area contributed by atoms with Crippen molar-refractivity contribution in [3.05, 3.63) is 53.9 Å². The molecule has 1 aromatic carbocycles. The van der Waals surface area contributed by atoms with Gasteiger partial charge in [0.15, 0.2) is 0 Å². The van der Waals surface area contributed by atoms with E-state index in [9.17, 15) is 4.79 Å². The molecule has 2 aromatic rings. The summed E-state index contributed by atoms with van der Waals surface area (Å²) in [5, 5.41) is 3.49. The molecule has 0 fully saturated rings. The van der Waals surface area contributed by atoms with Crippen LogP contribution in [0.15, 0.2) is 42.7 Å². The Kier molecular flexibility index (Phi) is 6.92. The first-order chi connectivity index (χ1) is 12.3. The lowest BCUT2D eigenvalue weighted by Gasteiger charge is -2.20. The highest BCUT2D eigenvalue weighted by atomic mass is 16.6. The second kappa shape index (κ2) is 8.95. The van der Waals surface area contributed by atoms with E-state index in [0.29, 0.717) is 6.42 Å². The van der Waals surface area contributed by atoms with E-state index in [4.69, 9.17) is 4.74 Å². The quantitative estimate of drug-likeness (QED) is 0.571. The molecule has 0 amide bonds. The van der Waals surface area contributed by atoms with Crippen molar-refractivity contribution in [3.63, 3.8) is 0 Å². The molecular weight excluding hydrogens is 324 g/mol. The minimum Gasteiger partial charge on any atom is -0.460 e. The Balaban J connectivity index is 1.88. The van der Waals surface area contributed by atoms with Crippen LogP contribution in [-0.4, -0.2) is 23.1 Å². The Morgan fingerprint density at radius 2 is 2.04 bits per heavy atom. The van der Waals surface area contributed by atoms with Gasteiger partial charge in [0, 0.05) is 24.9 Å². The summed E-state index contributed by atoms with van der Waals surface area (Å²) in [5.41, 5.74) is 4.39. The lowest BCUT2D eigenvalue weighted by atomic mass is 9.98. The van der Waals surface area contributed by atoms with E-state index in [0.717, 1.165) is 13.0 Å². The standard InChI is InChI=1S/C22H30N2O2/c1-16-15-23-13-11-20(16)19-9-6-8-18(14-19)17(2)24-12-7-10-21(25)26-22(3,4)5/h6,8-9,11,13-15,17,24H,7,10,12H2,1-5H3. The van der Waals surface area contributed by atoms with Gasteiger partial charge in [-0.25, -0.2) is 0 Å². The summed E-state index contributed by atoms with van der Waals surface area (Å²) in [5.74, 6) is -0.137. The predicted octanol–water partition coefficient (Wildman–Crippen LogP) is 4.83. The Morgan fingerprint density at radius 1 is 1.27 bits per heavy atom. The third-order valence-electron chi connectivity index (χ3n) is 4.15. The highest BCUT2D eigenvalue weighted by molar-refractivity contribution is 5.69. The second-order valence-electron chi connectivity index (χ2n) is 7.68. The maximum atomic E-state index is 11.8. The van der Waals surface area contributed by atoms with Crippen LogP contribution in [0, 0.1) is 6.92 Å². The van der Waals surface area contributed by atoms with Gasteiger partial charge in [-0.3, -0.25) is 9.78 Å². The van der Waals surface area contributed by atoms with E-state index in [1.54, 1.807) is 0 Å². The van der Waals surface area contributed by atoms with Gasteiger partial charge >= 0.3 is 5.97 Å². The normalized spacial score (nSPS) is 12.7. The van der Waals surface area contributed by atoms with Crippen LogP contribution in [0.5, 0.6) is 0 Å². The number of esters is 1. The summed E-state index contributed by atoms with van der Waals surface area (Å²) in [6.07, 6.45) is 4.92. The molecule has 4 heteroatoms.